The number of ether oxygens (including phenoxy) is 1. The Morgan fingerprint density at radius 2 is 2.14 bits per heavy atom. The summed E-state index contributed by atoms with van der Waals surface area (Å²) in [6, 6.07) is 0. The molecule has 21 heavy (non-hydrogen) atoms. The lowest BCUT2D eigenvalue weighted by Gasteiger charge is -2.33. The molecule has 0 radical (unpaired) electrons. The molecule has 0 aromatic heterocycles. The zero-order valence-corrected chi connectivity index (χ0v) is 12.4. The monoisotopic (exact) mass is 307 g/mol. The number of nitrogens with two attached hydrogens (primary N) is 1. The maximum Gasteiger partial charge on any atom is 0.391 e. The lowest BCUT2D eigenvalue weighted by molar-refractivity contribution is -0.185. The van der Waals surface area contributed by atoms with Gasteiger partial charge in [0.05, 0.1) is 18.6 Å². The van der Waals surface area contributed by atoms with Gasteiger partial charge in [0.2, 0.25) is 0 Å². The predicted octanol–water partition coefficient (Wildman–Crippen LogP) is 2.39. The van der Waals surface area contributed by atoms with Crippen molar-refractivity contribution in [1.29, 1.82) is 0 Å². The summed E-state index contributed by atoms with van der Waals surface area (Å²) >= 11 is 0. The summed E-state index contributed by atoms with van der Waals surface area (Å²) in [5.74, 6) is -0.752. The van der Waals surface area contributed by atoms with Gasteiger partial charge in [-0.25, -0.2) is 0 Å². The lowest BCUT2D eigenvalue weighted by Crippen LogP contribution is -2.48. The molecule has 4 nitrogen and oxygen atoms in total. The van der Waals surface area contributed by atoms with Crippen LogP contribution in [0.3, 0.4) is 0 Å². The molecule has 3 atom stereocenters. The molecule has 122 valence electrons. The third-order valence-electron chi connectivity index (χ3n) is 4.32. The lowest BCUT2D eigenvalue weighted by atomic mass is 9.81. The van der Waals surface area contributed by atoms with Crippen molar-refractivity contribution in [3.05, 3.63) is 0 Å². The van der Waals surface area contributed by atoms with Gasteiger partial charge in [0, 0.05) is 19.6 Å². The number of hydrogen-bond acceptors (Lipinski definition) is 2. The normalized spacial score (nSPS) is 32.3. The first-order valence-corrected chi connectivity index (χ1v) is 7.59. The van der Waals surface area contributed by atoms with Crippen LogP contribution in [0, 0.1) is 11.8 Å². The second kappa shape index (κ2) is 6.85. The fourth-order valence-electron chi connectivity index (χ4n) is 3.10. The van der Waals surface area contributed by atoms with Crippen LogP contribution >= 0.6 is 0 Å². The van der Waals surface area contributed by atoms with E-state index < -0.39 is 12.1 Å². The number of aliphatic imine (C=N–C) groups is 1. The molecule has 1 saturated carbocycles. The van der Waals surface area contributed by atoms with Crippen LogP contribution in [0.2, 0.25) is 0 Å². The Balaban J connectivity index is 1.85. The summed E-state index contributed by atoms with van der Waals surface area (Å²) in [6.07, 6.45) is -2.10. The SMILES string of the molecule is CC1CN(C(N)=NCC2CCCC(C(F)(F)F)C2)CCO1. The van der Waals surface area contributed by atoms with Crippen molar-refractivity contribution in [3.8, 4) is 0 Å². The number of hydrogen-bond donors (Lipinski definition) is 1. The van der Waals surface area contributed by atoms with Crippen LogP contribution in [0.4, 0.5) is 13.2 Å². The number of guanidine groups is 1. The van der Waals surface area contributed by atoms with Gasteiger partial charge in [0.25, 0.3) is 0 Å². The molecule has 1 aliphatic heterocycles. The molecular formula is C14H24F3N3O. The molecule has 0 aromatic carbocycles. The smallest absolute Gasteiger partial charge is 0.375 e. The number of morpholine rings is 1. The Morgan fingerprint density at radius 1 is 1.38 bits per heavy atom. The van der Waals surface area contributed by atoms with Gasteiger partial charge < -0.3 is 15.4 Å². The number of rotatable bonds is 2. The standard InChI is InChI=1S/C14H24F3N3O/c1-10-9-20(5-6-21-10)13(18)19-8-11-3-2-4-12(7-11)14(15,16)17/h10-12H,2-9H2,1H3,(H2,18,19). The van der Waals surface area contributed by atoms with E-state index in [1.54, 1.807) is 0 Å². The predicted molar refractivity (Wildman–Crippen MR) is 75.0 cm³/mol. The summed E-state index contributed by atoms with van der Waals surface area (Å²) in [5.41, 5.74) is 5.95. The third kappa shape index (κ3) is 4.76. The highest BCUT2D eigenvalue weighted by molar-refractivity contribution is 5.78. The fraction of sp³-hybridized carbons (Fsp3) is 0.929. The third-order valence-corrected chi connectivity index (χ3v) is 4.32. The highest BCUT2D eigenvalue weighted by Crippen LogP contribution is 2.39. The van der Waals surface area contributed by atoms with Crippen LogP contribution < -0.4 is 5.73 Å². The summed E-state index contributed by atoms with van der Waals surface area (Å²) in [4.78, 5) is 6.26. The van der Waals surface area contributed by atoms with Gasteiger partial charge in [-0.15, -0.1) is 0 Å². The molecule has 0 spiro atoms. The highest BCUT2D eigenvalue weighted by Gasteiger charge is 2.42. The van der Waals surface area contributed by atoms with E-state index in [4.69, 9.17) is 10.5 Å². The minimum absolute atomic E-state index is 0.0117. The van der Waals surface area contributed by atoms with Gasteiger partial charge >= 0.3 is 6.18 Å². The zero-order valence-electron chi connectivity index (χ0n) is 12.4. The Bertz CT molecular complexity index is 373. The maximum absolute atomic E-state index is 12.8. The molecule has 7 heteroatoms. The molecule has 1 aliphatic carbocycles. The largest absolute Gasteiger partial charge is 0.391 e. The van der Waals surface area contributed by atoms with Crippen LogP contribution in [0.15, 0.2) is 4.99 Å². The topological polar surface area (TPSA) is 50.8 Å². The molecule has 0 bridgehead atoms. The van der Waals surface area contributed by atoms with E-state index >= 15 is 0 Å². The van der Waals surface area contributed by atoms with Gasteiger partial charge in [0.1, 0.15) is 0 Å². The van der Waals surface area contributed by atoms with Crippen LogP contribution in [-0.4, -0.2) is 49.4 Å². The van der Waals surface area contributed by atoms with Crippen LogP contribution in [0.25, 0.3) is 0 Å². The quantitative estimate of drug-likeness (QED) is 0.629. The molecule has 1 heterocycles. The van der Waals surface area contributed by atoms with Crippen molar-refractivity contribution in [1.82, 2.24) is 4.90 Å². The van der Waals surface area contributed by atoms with E-state index in [0.29, 0.717) is 38.6 Å². The number of halogens is 3. The highest BCUT2D eigenvalue weighted by atomic mass is 19.4. The first-order valence-electron chi connectivity index (χ1n) is 7.59. The van der Waals surface area contributed by atoms with Crippen LogP contribution in [0.5, 0.6) is 0 Å². The van der Waals surface area contributed by atoms with Gasteiger partial charge in [-0.3, -0.25) is 4.99 Å². The van der Waals surface area contributed by atoms with Crippen LogP contribution in [0.1, 0.15) is 32.6 Å². The van der Waals surface area contributed by atoms with Crippen molar-refractivity contribution in [3.63, 3.8) is 0 Å². The Hall–Kier alpha value is -0.980. The van der Waals surface area contributed by atoms with Crippen molar-refractivity contribution in [2.24, 2.45) is 22.6 Å². The number of alkyl halides is 3. The summed E-state index contributed by atoms with van der Waals surface area (Å²) < 4.78 is 43.7. The maximum atomic E-state index is 12.8. The molecule has 0 amide bonds. The minimum atomic E-state index is -4.08. The van der Waals surface area contributed by atoms with Gasteiger partial charge in [-0.1, -0.05) is 6.42 Å². The summed E-state index contributed by atoms with van der Waals surface area (Å²) in [6.45, 7) is 4.34. The fourth-order valence-corrected chi connectivity index (χ4v) is 3.10. The first-order chi connectivity index (χ1) is 9.86. The van der Waals surface area contributed by atoms with E-state index in [2.05, 4.69) is 4.99 Å². The van der Waals surface area contributed by atoms with Crippen molar-refractivity contribution in [2.45, 2.75) is 44.9 Å². The van der Waals surface area contributed by atoms with E-state index in [1.807, 2.05) is 11.8 Å². The first kappa shape index (κ1) is 16.4. The van der Waals surface area contributed by atoms with Gasteiger partial charge in [0.15, 0.2) is 5.96 Å². The molecule has 2 aliphatic rings. The second-order valence-electron chi connectivity index (χ2n) is 6.10. The molecule has 3 unspecified atom stereocenters. The van der Waals surface area contributed by atoms with E-state index in [0.717, 1.165) is 6.42 Å². The Kier molecular flexibility index (Phi) is 5.35. The van der Waals surface area contributed by atoms with E-state index in [1.165, 1.54) is 0 Å². The van der Waals surface area contributed by atoms with E-state index in [9.17, 15) is 13.2 Å². The van der Waals surface area contributed by atoms with E-state index in [-0.39, 0.29) is 24.9 Å². The molecule has 2 rings (SSSR count). The van der Waals surface area contributed by atoms with Crippen molar-refractivity contribution >= 4 is 5.96 Å². The molecular weight excluding hydrogens is 283 g/mol. The van der Waals surface area contributed by atoms with Crippen molar-refractivity contribution < 1.29 is 17.9 Å². The van der Waals surface area contributed by atoms with Crippen molar-refractivity contribution in [2.75, 3.05) is 26.2 Å². The molecule has 2 N–H and O–H groups in total. The average Bonchev–Trinajstić information content (AvgIpc) is 2.44. The Morgan fingerprint density at radius 3 is 2.81 bits per heavy atom. The number of nitrogens with zero attached hydrogens (tertiary/aromatic N) is 2. The zero-order chi connectivity index (χ0) is 15.5. The van der Waals surface area contributed by atoms with Gasteiger partial charge in [-0.05, 0) is 32.1 Å². The minimum Gasteiger partial charge on any atom is -0.375 e. The molecule has 2 fully saturated rings. The molecule has 0 aromatic rings. The average molecular weight is 307 g/mol. The Labute approximate surface area is 123 Å². The van der Waals surface area contributed by atoms with Gasteiger partial charge in [-0.2, -0.15) is 13.2 Å². The van der Waals surface area contributed by atoms with Crippen LogP contribution in [-0.2, 0) is 4.74 Å². The summed E-state index contributed by atoms with van der Waals surface area (Å²) in [7, 11) is 0. The molecule has 1 saturated heterocycles. The summed E-state index contributed by atoms with van der Waals surface area (Å²) in [5, 5.41) is 0. The second-order valence-corrected chi connectivity index (χ2v) is 6.10.